The largest absolute Gasteiger partial charge is 0.380 e. The summed E-state index contributed by atoms with van der Waals surface area (Å²) < 4.78 is 34.6. The van der Waals surface area contributed by atoms with E-state index < -0.39 is 10.0 Å². The summed E-state index contributed by atoms with van der Waals surface area (Å²) in [6, 6.07) is 17.4. The number of rotatable bonds is 11. The highest BCUT2D eigenvalue weighted by Gasteiger charge is 2.31. The Kier molecular flexibility index (Phi) is 8.02. The highest BCUT2D eigenvalue weighted by Crippen LogP contribution is 2.42. The van der Waals surface area contributed by atoms with Gasteiger partial charge in [0, 0.05) is 40.9 Å². The molecule has 208 valence electrons. The Labute approximate surface area is 242 Å². The van der Waals surface area contributed by atoms with Gasteiger partial charge in [0.2, 0.25) is 0 Å². The summed E-state index contributed by atoms with van der Waals surface area (Å²) in [6.45, 7) is 2.96. The molecule has 4 aromatic heterocycles. The molecule has 1 aliphatic rings. The van der Waals surface area contributed by atoms with Crippen LogP contribution in [0.5, 0.6) is 0 Å². The smallest absolute Gasteiger partial charge is 0.273 e. The molecule has 1 fully saturated rings. The minimum Gasteiger partial charge on any atom is -0.380 e. The van der Waals surface area contributed by atoms with E-state index in [9.17, 15) is 8.42 Å². The number of hydrogen-bond donors (Lipinski definition) is 1. The van der Waals surface area contributed by atoms with Crippen LogP contribution in [-0.4, -0.2) is 43.1 Å². The van der Waals surface area contributed by atoms with Crippen molar-refractivity contribution in [3.8, 4) is 10.7 Å². The Morgan fingerprint density at radius 1 is 1.10 bits per heavy atom. The molecule has 1 saturated carbocycles. The number of aromatic amines is 1. The van der Waals surface area contributed by atoms with Crippen LogP contribution >= 0.6 is 22.7 Å². The van der Waals surface area contributed by atoms with E-state index in [-0.39, 0.29) is 6.54 Å². The van der Waals surface area contributed by atoms with E-state index in [2.05, 4.69) is 28.2 Å². The van der Waals surface area contributed by atoms with Crippen LogP contribution in [0.15, 0.2) is 76.6 Å². The van der Waals surface area contributed by atoms with Crippen LogP contribution in [0.1, 0.15) is 42.7 Å². The Hall–Kier alpha value is -3.05. The van der Waals surface area contributed by atoms with Crippen LogP contribution in [0.25, 0.3) is 21.6 Å². The third-order valence-electron chi connectivity index (χ3n) is 7.56. The lowest BCUT2D eigenvalue weighted by atomic mass is 9.89. The third-order valence-corrected chi connectivity index (χ3v) is 11.8. The minimum absolute atomic E-state index is 0.224. The summed E-state index contributed by atoms with van der Waals surface area (Å²) in [5, 5.41) is 3.63. The number of benzene rings is 1. The van der Waals surface area contributed by atoms with Gasteiger partial charge in [-0.25, -0.2) is 13.4 Å². The van der Waals surface area contributed by atoms with Crippen molar-refractivity contribution < 1.29 is 13.2 Å². The number of nitrogens with one attached hydrogen (secondary N) is 1. The Bertz CT molecular complexity index is 1660. The number of H-pyrrole nitrogens is 1. The number of pyridine rings is 1. The van der Waals surface area contributed by atoms with Gasteiger partial charge in [-0.2, -0.15) is 0 Å². The molecule has 0 amide bonds. The van der Waals surface area contributed by atoms with Gasteiger partial charge in [0.1, 0.15) is 9.22 Å². The monoisotopic (exact) mass is 592 g/mol. The fraction of sp³-hybridized carbons (Fsp3) is 0.333. The summed E-state index contributed by atoms with van der Waals surface area (Å²) in [4.78, 5) is 14.2. The molecule has 4 heterocycles. The fourth-order valence-corrected chi connectivity index (χ4v) is 9.24. The van der Waals surface area contributed by atoms with Gasteiger partial charge in [-0.1, -0.05) is 30.7 Å². The molecule has 7 nitrogen and oxygen atoms in total. The highest BCUT2D eigenvalue weighted by atomic mass is 32.2. The average Bonchev–Trinajstić information content (AvgIpc) is 3.78. The molecule has 40 heavy (non-hydrogen) atoms. The standard InChI is InChI=1S/C30H32N4O3S3/c1-2-37-16-15-34(40(35,36)28-13-7-17-38-28)27-12-6-9-22-19-26(33-29(22)27)30-32-20-23(39-30)18-21-8-5-10-24(21)25-11-3-4-14-31-25/h3-4,6-7,9,11-14,17,19-21,24,33H,2,5,8,10,15-16,18H2,1H3. The van der Waals surface area contributed by atoms with Crippen LogP contribution in [0.3, 0.4) is 0 Å². The molecule has 2 atom stereocenters. The number of thiazole rings is 1. The molecule has 0 spiro atoms. The number of nitrogens with zero attached hydrogens (tertiary/aromatic N) is 3. The summed E-state index contributed by atoms with van der Waals surface area (Å²) in [7, 11) is -3.74. The zero-order valence-corrected chi connectivity index (χ0v) is 24.8. The van der Waals surface area contributed by atoms with Crippen LogP contribution in [0.2, 0.25) is 0 Å². The summed E-state index contributed by atoms with van der Waals surface area (Å²) >= 11 is 2.93. The first-order valence-corrected chi connectivity index (χ1v) is 16.8. The third kappa shape index (κ3) is 5.45. The van der Waals surface area contributed by atoms with Crippen molar-refractivity contribution in [2.24, 2.45) is 5.92 Å². The van der Waals surface area contributed by atoms with E-state index in [1.54, 1.807) is 28.8 Å². The fourth-order valence-electron chi connectivity index (χ4n) is 5.69. The number of thiophene rings is 1. The quantitative estimate of drug-likeness (QED) is 0.165. The maximum atomic E-state index is 13.7. The van der Waals surface area contributed by atoms with E-state index >= 15 is 0 Å². The number of anilines is 1. The first kappa shape index (κ1) is 27.1. The minimum atomic E-state index is -3.74. The molecule has 2 unspecified atom stereocenters. The second kappa shape index (κ2) is 11.8. The molecule has 5 aromatic rings. The van der Waals surface area contributed by atoms with E-state index in [0.29, 0.717) is 34.9 Å². The number of hydrogen-bond acceptors (Lipinski definition) is 7. The number of fused-ring (bicyclic) bond motifs is 1. The predicted octanol–water partition coefficient (Wildman–Crippen LogP) is 7.11. The van der Waals surface area contributed by atoms with Crippen LogP contribution in [0.4, 0.5) is 5.69 Å². The second-order valence-corrected chi connectivity index (χ2v) is 14.2. The Morgan fingerprint density at radius 2 is 2.02 bits per heavy atom. The first-order chi connectivity index (χ1) is 19.5. The lowest BCUT2D eigenvalue weighted by molar-refractivity contribution is 0.156. The van der Waals surface area contributed by atoms with Crippen molar-refractivity contribution in [2.45, 2.75) is 42.7 Å². The number of aromatic nitrogens is 3. The van der Waals surface area contributed by atoms with E-state index in [1.807, 2.05) is 43.6 Å². The normalized spacial score (nSPS) is 17.5. The van der Waals surface area contributed by atoms with Crippen LogP contribution in [-0.2, 0) is 21.2 Å². The van der Waals surface area contributed by atoms with Crippen LogP contribution < -0.4 is 4.31 Å². The van der Waals surface area contributed by atoms with Crippen molar-refractivity contribution in [1.82, 2.24) is 15.0 Å². The molecule has 1 N–H and O–H groups in total. The number of ether oxygens (including phenoxy) is 1. The van der Waals surface area contributed by atoms with Gasteiger partial charge in [0.15, 0.2) is 0 Å². The van der Waals surface area contributed by atoms with Gasteiger partial charge < -0.3 is 9.72 Å². The molecule has 10 heteroatoms. The molecule has 0 bridgehead atoms. The second-order valence-electron chi connectivity index (χ2n) is 10.0. The summed E-state index contributed by atoms with van der Waals surface area (Å²) in [5.74, 6) is 1.06. The van der Waals surface area contributed by atoms with E-state index in [4.69, 9.17) is 9.72 Å². The SMILES string of the molecule is CCOCCN(c1cccc2cc(-c3ncc(CC4CCCC4c4ccccn4)s3)[nH]c12)S(=O)(=O)c1cccs1. The van der Waals surface area contributed by atoms with E-state index in [0.717, 1.165) is 28.0 Å². The van der Waals surface area contributed by atoms with Crippen molar-refractivity contribution >= 4 is 49.3 Å². The first-order valence-electron chi connectivity index (χ1n) is 13.7. The van der Waals surface area contributed by atoms with Crippen LogP contribution in [0, 0.1) is 5.92 Å². The Balaban J connectivity index is 1.29. The number of sulfonamides is 1. The zero-order chi connectivity index (χ0) is 27.5. The van der Waals surface area contributed by atoms with Crippen molar-refractivity contribution in [2.75, 3.05) is 24.1 Å². The molecule has 0 saturated heterocycles. The lowest BCUT2D eigenvalue weighted by Crippen LogP contribution is -2.34. The maximum Gasteiger partial charge on any atom is 0.273 e. The predicted molar refractivity (Wildman–Crippen MR) is 163 cm³/mol. The van der Waals surface area contributed by atoms with Gasteiger partial charge in [-0.15, -0.1) is 22.7 Å². The van der Waals surface area contributed by atoms with Gasteiger partial charge >= 0.3 is 0 Å². The average molecular weight is 593 g/mol. The lowest BCUT2D eigenvalue weighted by Gasteiger charge is -2.24. The van der Waals surface area contributed by atoms with Gasteiger partial charge in [0.05, 0.1) is 30.0 Å². The topological polar surface area (TPSA) is 88.2 Å². The Morgan fingerprint density at radius 3 is 2.83 bits per heavy atom. The summed E-state index contributed by atoms with van der Waals surface area (Å²) in [6.07, 6.45) is 8.51. The van der Waals surface area contributed by atoms with Crippen molar-refractivity contribution in [1.29, 1.82) is 0 Å². The van der Waals surface area contributed by atoms with Gasteiger partial charge in [0.25, 0.3) is 10.0 Å². The molecule has 0 aliphatic heterocycles. The molecule has 1 aliphatic carbocycles. The highest BCUT2D eigenvalue weighted by molar-refractivity contribution is 7.94. The van der Waals surface area contributed by atoms with E-state index in [1.165, 1.54) is 45.5 Å². The summed E-state index contributed by atoms with van der Waals surface area (Å²) in [5.41, 5.74) is 3.48. The molecule has 6 rings (SSSR count). The van der Waals surface area contributed by atoms with Gasteiger partial charge in [-0.05, 0) is 67.8 Å². The van der Waals surface area contributed by atoms with Gasteiger partial charge in [-0.3, -0.25) is 9.29 Å². The molecular formula is C30H32N4O3S3. The number of para-hydroxylation sites is 1. The molecule has 0 radical (unpaired) electrons. The van der Waals surface area contributed by atoms with Crippen molar-refractivity contribution in [3.63, 3.8) is 0 Å². The van der Waals surface area contributed by atoms with Crippen molar-refractivity contribution in [3.05, 3.63) is 82.9 Å². The zero-order valence-electron chi connectivity index (χ0n) is 22.3. The molecular weight excluding hydrogens is 561 g/mol. The molecule has 1 aromatic carbocycles. The maximum absolute atomic E-state index is 13.7.